The summed E-state index contributed by atoms with van der Waals surface area (Å²) in [5, 5.41) is 7.09. The quantitative estimate of drug-likeness (QED) is 0.653. The fourth-order valence-corrected chi connectivity index (χ4v) is 3.77. The summed E-state index contributed by atoms with van der Waals surface area (Å²) in [6, 6.07) is 12.7. The van der Waals surface area contributed by atoms with Crippen molar-refractivity contribution in [3.8, 4) is 0 Å². The number of allylic oxidation sites excluding steroid dienone is 2. The van der Waals surface area contributed by atoms with Crippen molar-refractivity contribution in [2.75, 3.05) is 10.0 Å². The maximum absolute atomic E-state index is 13.0. The molecular weight excluding hydrogens is 398 g/mol. The summed E-state index contributed by atoms with van der Waals surface area (Å²) < 4.78 is 25.9. The zero-order valence-corrected chi connectivity index (χ0v) is 18.0. The van der Waals surface area contributed by atoms with Gasteiger partial charge in [-0.3, -0.25) is 9.52 Å². The number of carbonyl (C=O) groups is 1. The lowest BCUT2D eigenvalue weighted by atomic mass is 9.96. The SMILES string of the molecule is C=CS(=O)(=O)Nc1cccc(C2=CNC(C)C(C(=O)Nc3c(C)cccc3C)=C2)c1. The van der Waals surface area contributed by atoms with E-state index >= 15 is 0 Å². The number of nitrogens with one attached hydrogen (secondary N) is 3. The van der Waals surface area contributed by atoms with Crippen molar-refractivity contribution in [3.63, 3.8) is 0 Å². The molecule has 0 aromatic heterocycles. The van der Waals surface area contributed by atoms with Crippen molar-refractivity contribution in [2.45, 2.75) is 26.8 Å². The van der Waals surface area contributed by atoms with Crippen LogP contribution < -0.4 is 15.4 Å². The Bertz CT molecular complexity index is 1140. The van der Waals surface area contributed by atoms with Gasteiger partial charge in [0.15, 0.2) is 0 Å². The maximum Gasteiger partial charge on any atom is 0.254 e. The van der Waals surface area contributed by atoms with Gasteiger partial charge in [0.2, 0.25) is 0 Å². The Kier molecular flexibility index (Phi) is 6.12. The van der Waals surface area contributed by atoms with Crippen LogP contribution in [-0.4, -0.2) is 20.4 Å². The first-order valence-corrected chi connectivity index (χ1v) is 11.1. The highest BCUT2D eigenvalue weighted by atomic mass is 32.2. The summed E-state index contributed by atoms with van der Waals surface area (Å²) in [5.41, 5.74) is 5.37. The summed E-state index contributed by atoms with van der Waals surface area (Å²) in [6.07, 6.45) is 3.65. The van der Waals surface area contributed by atoms with Crippen molar-refractivity contribution < 1.29 is 13.2 Å². The number of amides is 1. The minimum Gasteiger partial charge on any atom is -0.384 e. The summed E-state index contributed by atoms with van der Waals surface area (Å²) in [4.78, 5) is 13.0. The molecule has 30 heavy (non-hydrogen) atoms. The number of sulfonamides is 1. The number of dihydropyridines is 1. The first-order valence-electron chi connectivity index (χ1n) is 9.51. The van der Waals surface area contributed by atoms with E-state index in [1.54, 1.807) is 18.2 Å². The molecule has 0 saturated carbocycles. The van der Waals surface area contributed by atoms with Crippen LogP contribution in [0.15, 0.2) is 72.3 Å². The molecule has 156 valence electrons. The molecule has 7 heteroatoms. The van der Waals surface area contributed by atoms with Gasteiger partial charge in [0.05, 0.1) is 6.04 Å². The molecule has 0 fully saturated rings. The topological polar surface area (TPSA) is 87.3 Å². The average Bonchev–Trinajstić information content (AvgIpc) is 2.71. The summed E-state index contributed by atoms with van der Waals surface area (Å²) >= 11 is 0. The third-order valence-electron chi connectivity index (χ3n) is 4.92. The minimum atomic E-state index is -3.60. The second kappa shape index (κ2) is 8.59. The molecule has 0 radical (unpaired) electrons. The summed E-state index contributed by atoms with van der Waals surface area (Å²) in [5.74, 6) is -0.179. The Balaban J connectivity index is 1.88. The van der Waals surface area contributed by atoms with Crippen molar-refractivity contribution in [3.05, 3.63) is 89.0 Å². The van der Waals surface area contributed by atoms with Gasteiger partial charge in [-0.1, -0.05) is 36.9 Å². The van der Waals surface area contributed by atoms with Gasteiger partial charge >= 0.3 is 0 Å². The van der Waals surface area contributed by atoms with Crippen LogP contribution in [0.25, 0.3) is 5.57 Å². The fourth-order valence-electron chi connectivity index (χ4n) is 3.23. The molecule has 2 aromatic carbocycles. The molecule has 3 rings (SSSR count). The monoisotopic (exact) mass is 423 g/mol. The van der Waals surface area contributed by atoms with Crippen molar-refractivity contribution in [1.82, 2.24) is 5.32 Å². The summed E-state index contributed by atoms with van der Waals surface area (Å²) in [7, 11) is -3.60. The maximum atomic E-state index is 13.0. The van der Waals surface area contributed by atoms with Crippen molar-refractivity contribution in [1.29, 1.82) is 0 Å². The van der Waals surface area contributed by atoms with Gasteiger partial charge in [0.25, 0.3) is 15.9 Å². The van der Waals surface area contributed by atoms with Gasteiger partial charge in [0.1, 0.15) is 0 Å². The highest BCUT2D eigenvalue weighted by molar-refractivity contribution is 7.95. The number of anilines is 2. The molecule has 1 atom stereocenters. The van der Waals surface area contributed by atoms with E-state index in [0.717, 1.165) is 33.4 Å². The smallest absolute Gasteiger partial charge is 0.254 e. The van der Waals surface area contributed by atoms with E-state index in [1.165, 1.54) is 0 Å². The average molecular weight is 424 g/mol. The fraction of sp³-hybridized carbons (Fsp3) is 0.174. The van der Waals surface area contributed by atoms with Crippen molar-refractivity contribution >= 4 is 32.9 Å². The molecule has 0 aliphatic carbocycles. The molecule has 1 aliphatic heterocycles. The largest absolute Gasteiger partial charge is 0.384 e. The number of benzene rings is 2. The van der Waals surface area contributed by atoms with Crippen LogP contribution in [-0.2, 0) is 14.8 Å². The number of para-hydroxylation sites is 1. The summed E-state index contributed by atoms with van der Waals surface area (Å²) in [6.45, 7) is 9.13. The number of carbonyl (C=O) groups excluding carboxylic acids is 1. The van der Waals surface area contributed by atoms with Gasteiger partial charge in [-0.15, -0.1) is 0 Å². The van der Waals surface area contributed by atoms with Gasteiger partial charge in [-0.05, 0) is 61.2 Å². The highest BCUT2D eigenvalue weighted by Gasteiger charge is 2.21. The molecule has 1 amide bonds. The normalized spacial score (nSPS) is 16.0. The Hall–Kier alpha value is -3.32. The van der Waals surface area contributed by atoms with E-state index < -0.39 is 10.0 Å². The number of aryl methyl sites for hydroxylation is 2. The van der Waals surface area contributed by atoms with E-state index in [2.05, 4.69) is 21.9 Å². The number of hydrogen-bond donors (Lipinski definition) is 3. The Morgan fingerprint density at radius 3 is 2.47 bits per heavy atom. The zero-order chi connectivity index (χ0) is 21.9. The van der Waals surface area contributed by atoms with Crippen molar-refractivity contribution in [2.24, 2.45) is 0 Å². The van der Waals surface area contributed by atoms with Crippen LogP contribution in [0.1, 0.15) is 23.6 Å². The predicted molar refractivity (Wildman–Crippen MR) is 122 cm³/mol. The van der Waals surface area contributed by atoms with Crippen LogP contribution >= 0.6 is 0 Å². The third-order valence-corrected chi connectivity index (χ3v) is 5.88. The van der Waals surface area contributed by atoms with Gasteiger partial charge in [-0.25, -0.2) is 8.42 Å². The predicted octanol–water partition coefficient (Wildman–Crippen LogP) is 4.09. The first kappa shape index (κ1) is 21.4. The molecule has 1 unspecified atom stereocenters. The Labute approximate surface area is 177 Å². The molecule has 0 saturated heterocycles. The molecular formula is C23H25N3O3S. The molecule has 1 heterocycles. The lowest BCUT2D eigenvalue weighted by molar-refractivity contribution is -0.113. The third kappa shape index (κ3) is 4.80. The standard InChI is InChI=1S/C23H25N3O3S/c1-5-30(28,29)26-20-11-7-10-18(12-20)19-13-21(17(4)24-14-19)23(27)25-22-15(2)8-6-9-16(22)3/h5-14,17,24,26H,1H2,2-4H3,(H,25,27). The lowest BCUT2D eigenvalue weighted by Crippen LogP contribution is -2.33. The van der Waals surface area contributed by atoms with Crippen LogP contribution in [0.5, 0.6) is 0 Å². The molecule has 2 aromatic rings. The van der Waals surface area contributed by atoms with Crippen LogP contribution in [0.4, 0.5) is 11.4 Å². The van der Waals surface area contributed by atoms with Crippen LogP contribution in [0.3, 0.4) is 0 Å². The van der Waals surface area contributed by atoms with Gasteiger partial charge in [-0.2, -0.15) is 0 Å². The first-order chi connectivity index (χ1) is 14.2. The molecule has 6 nitrogen and oxygen atoms in total. The van der Waals surface area contributed by atoms with Crippen LogP contribution in [0.2, 0.25) is 0 Å². The second-order valence-corrected chi connectivity index (χ2v) is 8.83. The van der Waals surface area contributed by atoms with E-state index in [9.17, 15) is 13.2 Å². The van der Waals surface area contributed by atoms with Gasteiger partial charge in [0, 0.05) is 28.6 Å². The molecule has 0 spiro atoms. The molecule has 0 bridgehead atoms. The van der Waals surface area contributed by atoms with E-state index in [0.29, 0.717) is 11.3 Å². The molecule has 3 N–H and O–H groups in total. The van der Waals surface area contributed by atoms with Crippen LogP contribution in [0, 0.1) is 13.8 Å². The number of hydrogen-bond acceptors (Lipinski definition) is 4. The lowest BCUT2D eigenvalue weighted by Gasteiger charge is -2.23. The second-order valence-electron chi connectivity index (χ2n) is 7.20. The zero-order valence-electron chi connectivity index (χ0n) is 17.2. The minimum absolute atomic E-state index is 0.166. The van der Waals surface area contributed by atoms with E-state index in [4.69, 9.17) is 0 Å². The number of rotatable bonds is 6. The van der Waals surface area contributed by atoms with E-state index in [-0.39, 0.29) is 11.9 Å². The molecule has 1 aliphatic rings. The highest BCUT2D eigenvalue weighted by Crippen LogP contribution is 2.26. The van der Waals surface area contributed by atoms with E-state index in [1.807, 2.05) is 57.3 Å². The Morgan fingerprint density at radius 2 is 1.80 bits per heavy atom. The van der Waals surface area contributed by atoms with Gasteiger partial charge < -0.3 is 10.6 Å². The Morgan fingerprint density at radius 1 is 1.13 bits per heavy atom.